The zero-order valence-electron chi connectivity index (χ0n) is 12.8. The average Bonchev–Trinajstić information content (AvgIpc) is 2.52. The van der Waals surface area contributed by atoms with Gasteiger partial charge in [0.2, 0.25) is 0 Å². The van der Waals surface area contributed by atoms with Gasteiger partial charge in [-0.2, -0.15) is 0 Å². The highest BCUT2D eigenvalue weighted by molar-refractivity contribution is 7.92. The van der Waals surface area contributed by atoms with E-state index in [2.05, 4.69) is 4.72 Å². The molecule has 0 spiro atoms. The van der Waals surface area contributed by atoms with Crippen LogP contribution in [0.15, 0.2) is 59.5 Å². The highest BCUT2D eigenvalue weighted by Gasteiger charge is 2.13. The van der Waals surface area contributed by atoms with Gasteiger partial charge in [-0.1, -0.05) is 57.5 Å². The maximum Gasteiger partial charge on any atom is 0.261 e. The van der Waals surface area contributed by atoms with Crippen molar-refractivity contribution in [3.8, 4) is 0 Å². The summed E-state index contributed by atoms with van der Waals surface area (Å²) in [5, 5.41) is 0.503. The molecule has 2 aromatic rings. The monoisotopic (exact) mass is 327 g/mol. The second-order valence-corrected chi connectivity index (χ2v) is 5.54. The van der Waals surface area contributed by atoms with Gasteiger partial charge in [0, 0.05) is 10.7 Å². The van der Waals surface area contributed by atoms with Gasteiger partial charge in [0.25, 0.3) is 10.0 Å². The van der Waals surface area contributed by atoms with Crippen molar-refractivity contribution in [1.29, 1.82) is 0 Å². The Balaban J connectivity index is 0.000000921. The van der Waals surface area contributed by atoms with Crippen LogP contribution in [0, 0.1) is 0 Å². The molecule has 0 amide bonds. The van der Waals surface area contributed by atoms with E-state index in [1.807, 2.05) is 33.8 Å². The number of para-hydroxylation sites is 1. The summed E-state index contributed by atoms with van der Waals surface area (Å²) < 4.78 is 26.4. The van der Waals surface area contributed by atoms with Crippen molar-refractivity contribution >= 4 is 27.3 Å². The number of anilines is 1. The first-order valence-electron chi connectivity index (χ1n) is 6.91. The van der Waals surface area contributed by atoms with Crippen molar-refractivity contribution in [2.45, 2.75) is 32.6 Å². The molecule has 0 saturated heterocycles. The van der Waals surface area contributed by atoms with E-state index in [-0.39, 0.29) is 4.90 Å². The Morgan fingerprint density at radius 1 is 0.810 bits per heavy atom. The lowest BCUT2D eigenvalue weighted by atomic mass is 10.3. The number of hydrogen-bond donors (Lipinski definition) is 1. The normalized spacial score (nSPS) is 9.57. The van der Waals surface area contributed by atoms with E-state index in [9.17, 15) is 8.42 Å². The maximum atomic E-state index is 12.0. The second kappa shape index (κ2) is 10.2. The SMILES string of the molecule is CC.CC.O=S(=O)(Nc1ccccc1)c1ccc(Cl)cc1. The van der Waals surface area contributed by atoms with Gasteiger partial charge in [-0.05, 0) is 36.4 Å². The largest absolute Gasteiger partial charge is 0.280 e. The quantitative estimate of drug-likeness (QED) is 0.842. The molecule has 0 saturated carbocycles. The summed E-state index contributed by atoms with van der Waals surface area (Å²) in [5.41, 5.74) is 0.530. The summed E-state index contributed by atoms with van der Waals surface area (Å²) in [6, 6.07) is 14.7. The van der Waals surface area contributed by atoms with Gasteiger partial charge in [0.15, 0.2) is 0 Å². The van der Waals surface area contributed by atoms with Gasteiger partial charge in [-0.25, -0.2) is 8.42 Å². The molecule has 0 fully saturated rings. The molecule has 0 aliphatic heterocycles. The van der Waals surface area contributed by atoms with Gasteiger partial charge in [-0.15, -0.1) is 0 Å². The number of rotatable bonds is 3. The number of nitrogens with one attached hydrogen (secondary N) is 1. The third kappa shape index (κ3) is 6.65. The lowest BCUT2D eigenvalue weighted by Gasteiger charge is -2.07. The number of halogens is 1. The van der Waals surface area contributed by atoms with E-state index in [0.717, 1.165) is 0 Å². The summed E-state index contributed by atoms with van der Waals surface area (Å²) in [6.45, 7) is 8.00. The number of hydrogen-bond acceptors (Lipinski definition) is 2. The van der Waals surface area contributed by atoms with Crippen LogP contribution in [0.1, 0.15) is 27.7 Å². The first-order valence-corrected chi connectivity index (χ1v) is 8.77. The molecule has 0 heterocycles. The Hall–Kier alpha value is -1.52. The lowest BCUT2D eigenvalue weighted by molar-refractivity contribution is 0.601. The molecule has 1 N–H and O–H groups in total. The summed E-state index contributed by atoms with van der Waals surface area (Å²) in [4.78, 5) is 0.186. The van der Waals surface area contributed by atoms with E-state index in [1.54, 1.807) is 36.4 Å². The van der Waals surface area contributed by atoms with Crippen LogP contribution in [-0.4, -0.2) is 8.42 Å². The third-order valence-electron chi connectivity index (χ3n) is 2.15. The molecule has 0 atom stereocenters. The van der Waals surface area contributed by atoms with Crippen LogP contribution in [0.5, 0.6) is 0 Å². The molecule has 5 heteroatoms. The number of sulfonamides is 1. The smallest absolute Gasteiger partial charge is 0.261 e. The molecule has 21 heavy (non-hydrogen) atoms. The Bertz CT molecular complexity index is 596. The van der Waals surface area contributed by atoms with E-state index >= 15 is 0 Å². The maximum absolute atomic E-state index is 12.0. The molecule has 2 rings (SSSR count). The molecule has 3 nitrogen and oxygen atoms in total. The first-order chi connectivity index (χ1) is 10.1. The van der Waals surface area contributed by atoms with Crippen molar-refractivity contribution in [1.82, 2.24) is 0 Å². The van der Waals surface area contributed by atoms with E-state index in [4.69, 9.17) is 11.6 Å². The summed E-state index contributed by atoms with van der Waals surface area (Å²) in [5.74, 6) is 0. The van der Waals surface area contributed by atoms with Crippen molar-refractivity contribution in [2.24, 2.45) is 0 Å². The van der Waals surface area contributed by atoms with Gasteiger partial charge in [0.05, 0.1) is 4.90 Å². The van der Waals surface area contributed by atoms with Crippen LogP contribution in [0.4, 0.5) is 5.69 Å². The number of benzene rings is 2. The van der Waals surface area contributed by atoms with Crippen LogP contribution in [0.2, 0.25) is 5.02 Å². The van der Waals surface area contributed by atoms with Crippen molar-refractivity contribution in [2.75, 3.05) is 4.72 Å². The summed E-state index contributed by atoms with van der Waals surface area (Å²) in [7, 11) is -3.54. The minimum Gasteiger partial charge on any atom is -0.280 e. The summed E-state index contributed by atoms with van der Waals surface area (Å²) >= 11 is 5.71. The minimum atomic E-state index is -3.54. The Kier molecular flexibility index (Phi) is 9.50. The predicted molar refractivity (Wildman–Crippen MR) is 91.4 cm³/mol. The molecule has 0 unspecified atom stereocenters. The predicted octanol–water partition coefficient (Wildman–Crippen LogP) is 5.19. The highest BCUT2D eigenvalue weighted by atomic mass is 35.5. The molecular formula is C16H22ClNO2S. The third-order valence-corrected chi connectivity index (χ3v) is 3.80. The Morgan fingerprint density at radius 2 is 1.29 bits per heavy atom. The highest BCUT2D eigenvalue weighted by Crippen LogP contribution is 2.17. The van der Waals surface area contributed by atoms with Crippen LogP contribution >= 0.6 is 11.6 Å². The molecule has 2 aromatic carbocycles. The minimum absolute atomic E-state index is 0.186. The molecule has 0 aliphatic rings. The fourth-order valence-electron chi connectivity index (χ4n) is 1.33. The molecule has 0 aromatic heterocycles. The van der Waals surface area contributed by atoms with E-state index < -0.39 is 10.0 Å². The fraction of sp³-hybridized carbons (Fsp3) is 0.250. The lowest BCUT2D eigenvalue weighted by Crippen LogP contribution is -2.12. The average molecular weight is 328 g/mol. The summed E-state index contributed by atoms with van der Waals surface area (Å²) in [6.07, 6.45) is 0. The van der Waals surface area contributed by atoms with Gasteiger partial charge in [0.1, 0.15) is 0 Å². The van der Waals surface area contributed by atoms with Gasteiger partial charge >= 0.3 is 0 Å². The van der Waals surface area contributed by atoms with Crippen molar-refractivity contribution < 1.29 is 8.42 Å². The zero-order valence-corrected chi connectivity index (χ0v) is 14.4. The van der Waals surface area contributed by atoms with Crippen molar-refractivity contribution in [3.63, 3.8) is 0 Å². The molecule has 116 valence electrons. The Labute approximate surface area is 133 Å². The van der Waals surface area contributed by atoms with Crippen molar-refractivity contribution in [3.05, 3.63) is 59.6 Å². The topological polar surface area (TPSA) is 46.2 Å². The standard InChI is InChI=1S/C12H10ClNO2S.2C2H6/c13-10-6-8-12(9-7-10)17(15,16)14-11-4-2-1-3-5-11;2*1-2/h1-9,14H;2*1-2H3. The van der Waals surface area contributed by atoms with Crippen LogP contribution in [0.3, 0.4) is 0 Å². The van der Waals surface area contributed by atoms with Gasteiger partial charge < -0.3 is 0 Å². The molecular weight excluding hydrogens is 306 g/mol. The van der Waals surface area contributed by atoms with Crippen LogP contribution < -0.4 is 4.72 Å². The van der Waals surface area contributed by atoms with Gasteiger partial charge in [-0.3, -0.25) is 4.72 Å². The molecule has 0 bridgehead atoms. The zero-order chi connectivity index (χ0) is 16.3. The molecule has 0 radical (unpaired) electrons. The first kappa shape index (κ1) is 19.5. The van der Waals surface area contributed by atoms with E-state index in [0.29, 0.717) is 10.7 Å². The fourth-order valence-corrected chi connectivity index (χ4v) is 2.52. The van der Waals surface area contributed by atoms with Crippen LogP contribution in [-0.2, 0) is 10.0 Å². The second-order valence-electron chi connectivity index (χ2n) is 3.43. The Morgan fingerprint density at radius 3 is 1.76 bits per heavy atom. The van der Waals surface area contributed by atoms with Crippen LogP contribution in [0.25, 0.3) is 0 Å². The van der Waals surface area contributed by atoms with E-state index in [1.165, 1.54) is 12.1 Å². The molecule has 0 aliphatic carbocycles.